The number of rotatable bonds is 5. The first-order valence-corrected chi connectivity index (χ1v) is 8.02. The predicted molar refractivity (Wildman–Crippen MR) is 89.3 cm³/mol. The SMILES string of the molecule is CCC(C)C(C)Nc1nc2c(cc1C(N)=S)CCCC2. The second kappa shape index (κ2) is 6.53. The van der Waals surface area contributed by atoms with E-state index in [4.69, 9.17) is 22.9 Å². The van der Waals surface area contributed by atoms with Crippen molar-refractivity contribution in [2.75, 3.05) is 5.32 Å². The van der Waals surface area contributed by atoms with Crippen LogP contribution >= 0.6 is 12.2 Å². The van der Waals surface area contributed by atoms with E-state index in [9.17, 15) is 0 Å². The molecular weight excluding hydrogens is 266 g/mol. The van der Waals surface area contributed by atoms with Gasteiger partial charge in [0.05, 0.1) is 5.56 Å². The van der Waals surface area contributed by atoms with Crippen molar-refractivity contribution in [3.63, 3.8) is 0 Å². The largest absolute Gasteiger partial charge is 0.389 e. The number of nitrogens with zero attached hydrogens (tertiary/aromatic N) is 1. The number of aromatic nitrogens is 1. The van der Waals surface area contributed by atoms with Crippen LogP contribution in [-0.4, -0.2) is 16.0 Å². The van der Waals surface area contributed by atoms with Gasteiger partial charge in [-0.3, -0.25) is 0 Å². The number of hydrogen-bond acceptors (Lipinski definition) is 3. The van der Waals surface area contributed by atoms with Crippen LogP contribution in [0.3, 0.4) is 0 Å². The summed E-state index contributed by atoms with van der Waals surface area (Å²) in [6, 6.07) is 2.51. The van der Waals surface area contributed by atoms with Crippen LogP contribution in [0.4, 0.5) is 5.82 Å². The van der Waals surface area contributed by atoms with Crippen LogP contribution in [0.5, 0.6) is 0 Å². The molecule has 1 aliphatic carbocycles. The zero-order valence-electron chi connectivity index (χ0n) is 12.7. The highest BCUT2D eigenvalue weighted by Gasteiger charge is 2.18. The van der Waals surface area contributed by atoms with E-state index < -0.39 is 0 Å². The molecule has 0 radical (unpaired) electrons. The fourth-order valence-electron chi connectivity index (χ4n) is 2.64. The van der Waals surface area contributed by atoms with Gasteiger partial charge in [0.2, 0.25) is 0 Å². The zero-order valence-corrected chi connectivity index (χ0v) is 13.5. The lowest BCUT2D eigenvalue weighted by Crippen LogP contribution is -2.27. The van der Waals surface area contributed by atoms with Crippen molar-refractivity contribution in [2.45, 2.75) is 58.9 Å². The number of aryl methyl sites for hydroxylation is 2. The quantitative estimate of drug-likeness (QED) is 0.816. The van der Waals surface area contributed by atoms with Gasteiger partial charge < -0.3 is 11.1 Å². The lowest BCUT2D eigenvalue weighted by atomic mass is 9.94. The maximum absolute atomic E-state index is 5.88. The molecule has 0 saturated heterocycles. The Morgan fingerprint density at radius 2 is 2.10 bits per heavy atom. The summed E-state index contributed by atoms with van der Waals surface area (Å²) in [6.45, 7) is 6.65. The molecule has 3 nitrogen and oxygen atoms in total. The molecule has 2 unspecified atom stereocenters. The zero-order chi connectivity index (χ0) is 14.7. The number of thiocarbonyl (C=S) groups is 1. The summed E-state index contributed by atoms with van der Waals surface area (Å²) in [5.41, 5.74) is 9.32. The van der Waals surface area contributed by atoms with Crippen molar-refractivity contribution in [1.29, 1.82) is 0 Å². The van der Waals surface area contributed by atoms with Gasteiger partial charge in [-0.05, 0) is 50.2 Å². The van der Waals surface area contributed by atoms with E-state index in [-0.39, 0.29) is 0 Å². The second-order valence-corrected chi connectivity index (χ2v) is 6.32. The molecule has 0 aliphatic heterocycles. The van der Waals surface area contributed by atoms with Crippen molar-refractivity contribution >= 4 is 23.0 Å². The monoisotopic (exact) mass is 291 g/mol. The molecule has 1 aromatic heterocycles. The first kappa shape index (κ1) is 15.2. The summed E-state index contributed by atoms with van der Waals surface area (Å²) >= 11 is 5.20. The van der Waals surface area contributed by atoms with E-state index >= 15 is 0 Å². The Labute approximate surface area is 127 Å². The molecule has 2 atom stereocenters. The Balaban J connectivity index is 2.32. The predicted octanol–water partition coefficient (Wildman–Crippen LogP) is 3.44. The van der Waals surface area contributed by atoms with E-state index in [1.807, 2.05) is 0 Å². The third kappa shape index (κ3) is 3.29. The molecule has 4 heteroatoms. The van der Waals surface area contributed by atoms with Crippen molar-refractivity contribution in [3.8, 4) is 0 Å². The van der Waals surface area contributed by atoms with Crippen LogP contribution in [0.15, 0.2) is 6.07 Å². The second-order valence-electron chi connectivity index (χ2n) is 5.88. The fraction of sp³-hybridized carbons (Fsp3) is 0.625. The van der Waals surface area contributed by atoms with Crippen LogP contribution in [0, 0.1) is 5.92 Å². The first-order valence-electron chi connectivity index (χ1n) is 7.62. The molecule has 0 amide bonds. The van der Waals surface area contributed by atoms with Crippen molar-refractivity contribution in [2.24, 2.45) is 11.7 Å². The molecule has 2 rings (SSSR count). The molecule has 0 bridgehead atoms. The van der Waals surface area contributed by atoms with Crippen LogP contribution in [0.1, 0.15) is 56.9 Å². The van der Waals surface area contributed by atoms with Gasteiger partial charge in [-0.1, -0.05) is 32.5 Å². The van der Waals surface area contributed by atoms with E-state index in [2.05, 4.69) is 32.2 Å². The third-order valence-electron chi connectivity index (χ3n) is 4.43. The minimum atomic E-state index is 0.363. The highest BCUT2D eigenvalue weighted by Crippen LogP contribution is 2.26. The molecule has 110 valence electrons. The standard InChI is InChI=1S/C16H25N3S/c1-4-10(2)11(3)18-16-13(15(17)20)9-12-7-5-6-8-14(12)19-16/h9-11H,4-8H2,1-3H3,(H2,17,20)(H,18,19). The number of nitrogens with one attached hydrogen (secondary N) is 1. The Kier molecular flexibility index (Phi) is 4.97. The molecule has 0 aromatic carbocycles. The first-order chi connectivity index (χ1) is 9.52. The third-order valence-corrected chi connectivity index (χ3v) is 4.65. The van der Waals surface area contributed by atoms with Gasteiger partial charge >= 0.3 is 0 Å². The maximum atomic E-state index is 5.88. The maximum Gasteiger partial charge on any atom is 0.136 e. The molecule has 3 N–H and O–H groups in total. The normalized spacial score (nSPS) is 17.1. The van der Waals surface area contributed by atoms with E-state index in [1.165, 1.54) is 24.1 Å². The molecule has 0 spiro atoms. The van der Waals surface area contributed by atoms with E-state index in [0.717, 1.165) is 30.6 Å². The smallest absolute Gasteiger partial charge is 0.136 e. The summed E-state index contributed by atoms with van der Waals surface area (Å²) < 4.78 is 0. The van der Waals surface area contributed by atoms with Gasteiger partial charge in [-0.25, -0.2) is 4.98 Å². The Morgan fingerprint density at radius 1 is 1.40 bits per heavy atom. The summed E-state index contributed by atoms with van der Waals surface area (Å²) in [4.78, 5) is 5.25. The summed E-state index contributed by atoms with van der Waals surface area (Å²) in [5, 5.41) is 3.51. The van der Waals surface area contributed by atoms with Crippen molar-refractivity contribution in [3.05, 3.63) is 22.9 Å². The molecule has 1 aliphatic rings. The molecular formula is C16H25N3S. The lowest BCUT2D eigenvalue weighted by Gasteiger charge is -2.24. The van der Waals surface area contributed by atoms with Crippen LogP contribution in [0.2, 0.25) is 0 Å². The topological polar surface area (TPSA) is 50.9 Å². The average Bonchev–Trinajstić information content (AvgIpc) is 2.45. The molecule has 20 heavy (non-hydrogen) atoms. The molecule has 0 fully saturated rings. The molecule has 1 aromatic rings. The van der Waals surface area contributed by atoms with Crippen molar-refractivity contribution < 1.29 is 0 Å². The van der Waals surface area contributed by atoms with Gasteiger partial charge in [0.1, 0.15) is 10.8 Å². The van der Waals surface area contributed by atoms with Crippen LogP contribution in [0.25, 0.3) is 0 Å². The Morgan fingerprint density at radius 3 is 2.75 bits per heavy atom. The lowest BCUT2D eigenvalue weighted by molar-refractivity contribution is 0.493. The molecule has 0 saturated carbocycles. The van der Waals surface area contributed by atoms with Gasteiger partial charge in [-0.2, -0.15) is 0 Å². The summed E-state index contributed by atoms with van der Waals surface area (Å²) in [7, 11) is 0. The number of fused-ring (bicyclic) bond motifs is 1. The average molecular weight is 291 g/mol. The fourth-order valence-corrected chi connectivity index (χ4v) is 2.80. The minimum absolute atomic E-state index is 0.363. The van der Waals surface area contributed by atoms with Crippen molar-refractivity contribution in [1.82, 2.24) is 4.98 Å². The van der Waals surface area contributed by atoms with Gasteiger partial charge in [0, 0.05) is 11.7 Å². The van der Waals surface area contributed by atoms with E-state index in [0.29, 0.717) is 16.9 Å². The number of hydrogen-bond donors (Lipinski definition) is 2. The van der Waals surface area contributed by atoms with Crippen LogP contribution < -0.4 is 11.1 Å². The Hall–Kier alpha value is -1.16. The summed E-state index contributed by atoms with van der Waals surface area (Å²) in [6.07, 6.45) is 5.77. The number of pyridine rings is 1. The summed E-state index contributed by atoms with van der Waals surface area (Å²) in [5.74, 6) is 1.46. The number of nitrogens with two attached hydrogens (primary N) is 1. The highest BCUT2D eigenvalue weighted by molar-refractivity contribution is 7.80. The van der Waals surface area contributed by atoms with Crippen LogP contribution in [-0.2, 0) is 12.8 Å². The molecule has 1 heterocycles. The minimum Gasteiger partial charge on any atom is -0.389 e. The van der Waals surface area contributed by atoms with E-state index in [1.54, 1.807) is 0 Å². The van der Waals surface area contributed by atoms with Gasteiger partial charge in [0.25, 0.3) is 0 Å². The highest BCUT2D eigenvalue weighted by atomic mass is 32.1. The number of anilines is 1. The Bertz CT molecular complexity index is 499. The van der Waals surface area contributed by atoms with Gasteiger partial charge in [0.15, 0.2) is 0 Å². The van der Waals surface area contributed by atoms with Gasteiger partial charge in [-0.15, -0.1) is 0 Å².